The highest BCUT2D eigenvalue weighted by molar-refractivity contribution is 7.91. The molecule has 0 fully saturated rings. The van der Waals surface area contributed by atoms with Gasteiger partial charge in [-0.25, -0.2) is 8.42 Å². The summed E-state index contributed by atoms with van der Waals surface area (Å²) >= 11 is 0. The number of fused-ring (bicyclic) bond motifs is 2. The molecule has 0 bridgehead atoms. The van der Waals surface area contributed by atoms with Crippen molar-refractivity contribution >= 4 is 61.2 Å². The second-order valence-electron chi connectivity index (χ2n) is 14.6. The summed E-state index contributed by atoms with van der Waals surface area (Å²) in [5, 5.41) is 22.5. The highest BCUT2D eigenvalue weighted by Crippen LogP contribution is 2.39. The monoisotopic (exact) mass is 852 g/mol. The molecule has 7 rings (SSSR count). The second-order valence-corrected chi connectivity index (χ2v) is 16.6. The minimum Gasteiger partial charge on any atom is -0.506 e. The van der Waals surface area contributed by atoms with Gasteiger partial charge in [-0.3, -0.25) is 19.4 Å². The van der Waals surface area contributed by atoms with E-state index in [0.717, 1.165) is 29.7 Å². The summed E-state index contributed by atoms with van der Waals surface area (Å²) < 4.78 is 39.3. The van der Waals surface area contributed by atoms with E-state index in [1.54, 1.807) is 49.4 Å². The maximum Gasteiger partial charge on any atom is 0.262 e. The van der Waals surface area contributed by atoms with Crippen molar-refractivity contribution in [3.8, 4) is 29.1 Å². The summed E-state index contributed by atoms with van der Waals surface area (Å²) in [6.07, 6.45) is 3.51. The van der Waals surface area contributed by atoms with E-state index < -0.39 is 21.7 Å². The van der Waals surface area contributed by atoms with Crippen LogP contribution in [0, 0.1) is 25.7 Å². The van der Waals surface area contributed by atoms with Gasteiger partial charge in [-0.2, -0.15) is 0 Å². The molecule has 316 valence electrons. The van der Waals surface area contributed by atoms with Crippen LogP contribution in [0.1, 0.15) is 55.8 Å². The number of aryl methyl sites for hydroxylation is 2. The maximum atomic E-state index is 14.2. The van der Waals surface area contributed by atoms with Crippen LogP contribution in [0.15, 0.2) is 107 Å². The molecule has 1 aliphatic heterocycles. The number of nitrogens with zero attached hydrogens (tertiary/aromatic N) is 1. The number of hydrogen-bond acceptors (Lipinski definition) is 11. The van der Waals surface area contributed by atoms with E-state index in [2.05, 4.69) is 38.1 Å². The van der Waals surface area contributed by atoms with Gasteiger partial charge >= 0.3 is 0 Å². The summed E-state index contributed by atoms with van der Waals surface area (Å²) in [6.45, 7) is 4.98. The van der Waals surface area contributed by atoms with Crippen LogP contribution < -0.4 is 36.5 Å². The zero-order chi connectivity index (χ0) is 44.0. The first kappa shape index (κ1) is 42.7. The topological polar surface area (TPSA) is 211 Å². The van der Waals surface area contributed by atoms with Crippen molar-refractivity contribution in [3.05, 3.63) is 131 Å². The van der Waals surface area contributed by atoms with E-state index >= 15 is 0 Å². The van der Waals surface area contributed by atoms with Crippen LogP contribution in [0.2, 0.25) is 0 Å². The van der Waals surface area contributed by atoms with Gasteiger partial charge in [0.05, 0.1) is 33.7 Å². The van der Waals surface area contributed by atoms with E-state index in [1.165, 1.54) is 49.7 Å². The average molecular weight is 853 g/mol. The summed E-state index contributed by atoms with van der Waals surface area (Å²) in [6, 6.07) is 24.5. The van der Waals surface area contributed by atoms with E-state index in [1.807, 2.05) is 19.1 Å². The number of ether oxygens (including phenoxy) is 2. The lowest BCUT2D eigenvalue weighted by Crippen LogP contribution is -2.26. The number of rotatable bonds is 14. The molecular weight excluding hydrogens is 809 g/mol. The average Bonchev–Trinajstić information content (AvgIpc) is 3.26. The Morgan fingerprint density at radius 3 is 2.56 bits per heavy atom. The molecule has 0 atom stereocenters. The fourth-order valence-corrected chi connectivity index (χ4v) is 8.43. The molecule has 0 saturated carbocycles. The number of phenolic OH excluding ortho intramolecular Hbond substituents is 1. The first-order chi connectivity index (χ1) is 29.8. The zero-order valence-electron chi connectivity index (χ0n) is 34.2. The van der Waals surface area contributed by atoms with Gasteiger partial charge in [0.2, 0.25) is 9.84 Å². The number of aromatic hydroxyl groups is 1. The second kappa shape index (κ2) is 18.5. The summed E-state index contributed by atoms with van der Waals surface area (Å²) in [5.41, 5.74) is 11.2. The molecule has 0 unspecified atom stereocenters. The van der Waals surface area contributed by atoms with Gasteiger partial charge in [-0.05, 0) is 123 Å². The maximum absolute atomic E-state index is 14.2. The van der Waals surface area contributed by atoms with E-state index in [-0.39, 0.29) is 44.9 Å². The van der Waals surface area contributed by atoms with Gasteiger partial charge in [0.25, 0.3) is 17.7 Å². The predicted octanol–water partition coefficient (Wildman–Crippen LogP) is 6.79. The van der Waals surface area contributed by atoms with Crippen LogP contribution >= 0.6 is 0 Å². The molecule has 5 aromatic carbocycles. The molecule has 0 aliphatic carbocycles. The lowest BCUT2D eigenvalue weighted by Gasteiger charge is -2.21. The number of primary amides is 1. The Hall–Kier alpha value is -7.41. The van der Waals surface area contributed by atoms with Crippen LogP contribution in [0.5, 0.6) is 17.2 Å². The molecule has 1 aromatic heterocycles. The van der Waals surface area contributed by atoms with Gasteiger partial charge in [0, 0.05) is 46.6 Å². The Morgan fingerprint density at radius 1 is 0.952 bits per heavy atom. The van der Waals surface area contributed by atoms with Gasteiger partial charge in [0.1, 0.15) is 17.2 Å². The van der Waals surface area contributed by atoms with Crippen molar-refractivity contribution < 1.29 is 37.4 Å². The lowest BCUT2D eigenvalue weighted by molar-refractivity contribution is -0.118. The van der Waals surface area contributed by atoms with Crippen molar-refractivity contribution in [2.24, 2.45) is 5.73 Å². The summed E-state index contributed by atoms with van der Waals surface area (Å²) in [7, 11) is -2.64. The van der Waals surface area contributed by atoms with Crippen molar-refractivity contribution in [1.82, 2.24) is 10.3 Å². The van der Waals surface area contributed by atoms with E-state index in [4.69, 9.17) is 15.2 Å². The van der Waals surface area contributed by atoms with Gasteiger partial charge in [-0.15, -0.1) is 0 Å². The number of methoxy groups -OCH3 is 1. The number of hydrogen-bond donors (Lipinski definition) is 6. The number of nitrogens with two attached hydrogens (primary N) is 1. The number of amides is 3. The minimum atomic E-state index is -4.18. The van der Waals surface area contributed by atoms with Gasteiger partial charge in [0.15, 0.2) is 12.4 Å². The van der Waals surface area contributed by atoms with Crippen molar-refractivity contribution in [2.75, 3.05) is 42.8 Å². The van der Waals surface area contributed by atoms with E-state index in [9.17, 15) is 27.9 Å². The third-order valence-corrected chi connectivity index (χ3v) is 12.0. The molecule has 3 amide bonds. The number of benzene rings is 5. The fraction of sp³-hybridized carbons (Fsp3) is 0.191. The standard InChI is InChI=1S/C47H44N6O8S/c1-28-21-34(16-14-30(28)9-5-4-6-19-49-20-18-31-15-17-40(54)44-45(31)61-27-41(55)53-44)52-47(57)32-10-7-13-36(23-32)62(58,59)37-22-29(2)42-38(25-37)43(39(26-50-42)46(48)56)51-33-11-8-12-35(24-33)60-3/h7-8,10-17,21-26,49,54H,4,6,18-20,27H2,1-3H3,(H2,48,56)(H,50,51)(H,52,57)(H,53,55). The smallest absolute Gasteiger partial charge is 0.262 e. The van der Waals surface area contributed by atoms with Crippen LogP contribution in [-0.4, -0.2) is 63.0 Å². The molecule has 6 aromatic rings. The van der Waals surface area contributed by atoms with Crippen molar-refractivity contribution in [2.45, 2.75) is 42.9 Å². The Balaban J connectivity index is 0.985. The third-order valence-electron chi connectivity index (χ3n) is 10.2. The number of anilines is 4. The zero-order valence-corrected chi connectivity index (χ0v) is 35.0. The quantitative estimate of drug-likeness (QED) is 0.0382. The molecule has 7 N–H and O–H groups in total. The van der Waals surface area contributed by atoms with Crippen LogP contribution in [-0.2, 0) is 21.1 Å². The largest absolute Gasteiger partial charge is 0.506 e. The number of carbonyl (C=O) groups excluding carboxylic acids is 3. The lowest BCUT2D eigenvalue weighted by atomic mass is 10.1. The molecule has 2 heterocycles. The number of sulfone groups is 1. The number of carbonyl (C=O) groups is 3. The molecule has 62 heavy (non-hydrogen) atoms. The molecule has 1 aliphatic rings. The van der Waals surface area contributed by atoms with Gasteiger partial charge < -0.3 is 41.6 Å². The molecule has 0 spiro atoms. The van der Waals surface area contributed by atoms with Crippen LogP contribution in [0.3, 0.4) is 0 Å². The molecule has 0 saturated heterocycles. The number of phenols is 1. The number of nitrogens with one attached hydrogen (secondary N) is 4. The Kier molecular flexibility index (Phi) is 12.7. The SMILES string of the molecule is COc1cccc(Nc2c(C(N)=O)cnc3c(C)cc(S(=O)(=O)c4cccc(C(=O)Nc5ccc(C#CCCCNCCc6ccc(O)c7c6OCC(=O)N7)c(C)c5)c4)cc23)c1. The summed E-state index contributed by atoms with van der Waals surface area (Å²) in [4.78, 5) is 41.9. The van der Waals surface area contributed by atoms with Crippen LogP contribution in [0.4, 0.5) is 22.7 Å². The van der Waals surface area contributed by atoms with Crippen LogP contribution in [0.25, 0.3) is 10.9 Å². The Morgan fingerprint density at radius 2 is 1.77 bits per heavy atom. The first-order valence-electron chi connectivity index (χ1n) is 19.7. The Bertz CT molecular complexity index is 2920. The third kappa shape index (κ3) is 9.47. The van der Waals surface area contributed by atoms with Gasteiger partial charge in [-0.1, -0.05) is 30.0 Å². The normalized spacial score (nSPS) is 12.0. The summed E-state index contributed by atoms with van der Waals surface area (Å²) in [5.74, 6) is 5.91. The highest BCUT2D eigenvalue weighted by atomic mass is 32.2. The first-order valence-corrected chi connectivity index (χ1v) is 21.2. The van der Waals surface area contributed by atoms with Crippen molar-refractivity contribution in [1.29, 1.82) is 0 Å². The molecule has 0 radical (unpaired) electrons. The predicted molar refractivity (Wildman–Crippen MR) is 237 cm³/mol. The number of pyridine rings is 1. The molecule has 14 nitrogen and oxygen atoms in total. The molecular formula is C47H44N6O8S. The number of aromatic nitrogens is 1. The van der Waals surface area contributed by atoms with E-state index in [0.29, 0.717) is 64.4 Å². The fourth-order valence-electron chi connectivity index (χ4n) is 7.01. The minimum absolute atomic E-state index is 0.0264. The van der Waals surface area contributed by atoms with Crippen molar-refractivity contribution in [3.63, 3.8) is 0 Å². The Labute approximate surface area is 358 Å². The number of unbranched alkanes of at least 4 members (excludes halogenated alkanes) is 1. The highest BCUT2D eigenvalue weighted by Gasteiger charge is 2.25. The molecule has 15 heteroatoms.